The van der Waals surface area contributed by atoms with Crippen LogP contribution in [0.2, 0.25) is 0 Å². The lowest BCUT2D eigenvalue weighted by Gasteiger charge is -2.34. The van der Waals surface area contributed by atoms with Crippen molar-refractivity contribution in [2.24, 2.45) is 0 Å². The lowest BCUT2D eigenvalue weighted by molar-refractivity contribution is 0.0745. The predicted octanol–water partition coefficient (Wildman–Crippen LogP) is 2.73. The summed E-state index contributed by atoms with van der Waals surface area (Å²) < 4.78 is 11.5. The number of thiazole rings is 1. The largest absolute Gasteiger partial charge is 0.493 e. The maximum atomic E-state index is 12.9. The third kappa shape index (κ3) is 3.44. The molecule has 1 aliphatic rings. The zero-order valence-corrected chi connectivity index (χ0v) is 16.5. The molecule has 0 unspecified atom stereocenters. The Morgan fingerprint density at radius 3 is 2.42 bits per heavy atom. The number of aromatic nitrogens is 1. The van der Waals surface area contributed by atoms with E-state index in [1.54, 1.807) is 31.6 Å². The van der Waals surface area contributed by atoms with Gasteiger partial charge in [-0.3, -0.25) is 4.79 Å². The molecule has 0 spiro atoms. The van der Waals surface area contributed by atoms with Gasteiger partial charge in [-0.05, 0) is 34.7 Å². The third-order valence-electron chi connectivity index (χ3n) is 3.96. The van der Waals surface area contributed by atoms with Gasteiger partial charge >= 0.3 is 0 Å². The summed E-state index contributed by atoms with van der Waals surface area (Å²) in [5.74, 6) is 1.23. The summed E-state index contributed by atoms with van der Waals surface area (Å²) in [6.07, 6.45) is 1.81. The molecule has 1 aromatic carbocycles. The van der Waals surface area contributed by atoms with E-state index in [0.29, 0.717) is 30.2 Å². The van der Waals surface area contributed by atoms with Crippen molar-refractivity contribution in [1.82, 2.24) is 9.88 Å². The molecule has 2 heterocycles. The van der Waals surface area contributed by atoms with E-state index >= 15 is 0 Å². The number of halogens is 1. The molecule has 1 aromatic heterocycles. The highest BCUT2D eigenvalue weighted by molar-refractivity contribution is 14.1. The second-order valence-corrected chi connectivity index (χ2v) is 7.32. The number of hydrogen-bond donors (Lipinski definition) is 0. The van der Waals surface area contributed by atoms with Crippen LogP contribution in [0.1, 0.15) is 10.4 Å². The number of ether oxygens (including phenoxy) is 2. The molecular weight excluding hydrogens is 441 g/mol. The van der Waals surface area contributed by atoms with Crippen LogP contribution in [0.25, 0.3) is 0 Å². The van der Waals surface area contributed by atoms with Crippen LogP contribution in [0.15, 0.2) is 23.7 Å². The van der Waals surface area contributed by atoms with E-state index in [2.05, 4.69) is 32.5 Å². The average Bonchev–Trinajstić information content (AvgIpc) is 3.15. The van der Waals surface area contributed by atoms with Gasteiger partial charge in [-0.15, -0.1) is 11.3 Å². The van der Waals surface area contributed by atoms with Crippen molar-refractivity contribution in [3.05, 3.63) is 32.8 Å². The fourth-order valence-corrected chi connectivity index (χ4v) is 4.03. The smallest absolute Gasteiger partial charge is 0.255 e. The summed E-state index contributed by atoms with van der Waals surface area (Å²) in [6.45, 7) is 2.96. The maximum Gasteiger partial charge on any atom is 0.255 e. The number of anilines is 1. The Morgan fingerprint density at radius 2 is 1.83 bits per heavy atom. The van der Waals surface area contributed by atoms with Crippen molar-refractivity contribution in [3.63, 3.8) is 0 Å². The first-order valence-electron chi connectivity index (χ1n) is 7.49. The highest BCUT2D eigenvalue weighted by Gasteiger charge is 2.25. The van der Waals surface area contributed by atoms with Crippen LogP contribution in [0.4, 0.5) is 5.13 Å². The summed E-state index contributed by atoms with van der Waals surface area (Å²) in [5, 5.41) is 2.99. The average molecular weight is 459 g/mol. The molecule has 128 valence electrons. The molecule has 0 N–H and O–H groups in total. The number of benzene rings is 1. The molecule has 6 nitrogen and oxygen atoms in total. The standard InChI is InChI=1S/C16H18IN3O3S/c1-22-13-9-11(12(17)10-14(13)23-2)15(21)19-4-6-20(7-5-19)16-18-3-8-24-16/h3,8-10H,4-7H2,1-2H3. The molecule has 3 rings (SSSR count). The Morgan fingerprint density at radius 1 is 1.17 bits per heavy atom. The topological polar surface area (TPSA) is 54.9 Å². The van der Waals surface area contributed by atoms with Gasteiger partial charge in [0, 0.05) is 41.3 Å². The Hall–Kier alpha value is -1.55. The molecule has 2 aromatic rings. The minimum Gasteiger partial charge on any atom is -0.493 e. The van der Waals surface area contributed by atoms with Crippen LogP contribution in [0.5, 0.6) is 11.5 Å². The number of rotatable bonds is 4. The van der Waals surface area contributed by atoms with Crippen molar-refractivity contribution in [2.75, 3.05) is 45.3 Å². The van der Waals surface area contributed by atoms with Gasteiger partial charge in [-0.1, -0.05) is 0 Å². The zero-order chi connectivity index (χ0) is 17.1. The molecule has 0 saturated carbocycles. The van der Waals surface area contributed by atoms with Crippen molar-refractivity contribution in [2.45, 2.75) is 0 Å². The van der Waals surface area contributed by atoms with Crippen LogP contribution in [0.3, 0.4) is 0 Å². The van der Waals surface area contributed by atoms with Crippen LogP contribution < -0.4 is 14.4 Å². The van der Waals surface area contributed by atoms with Crippen LogP contribution in [-0.2, 0) is 0 Å². The first-order valence-corrected chi connectivity index (χ1v) is 9.45. The van der Waals surface area contributed by atoms with Gasteiger partial charge in [0.2, 0.25) is 0 Å². The predicted molar refractivity (Wildman–Crippen MR) is 102 cm³/mol. The summed E-state index contributed by atoms with van der Waals surface area (Å²) in [7, 11) is 3.17. The van der Waals surface area contributed by atoms with Gasteiger partial charge in [-0.25, -0.2) is 4.98 Å². The normalized spacial score (nSPS) is 14.6. The highest BCUT2D eigenvalue weighted by Crippen LogP contribution is 2.32. The van der Waals surface area contributed by atoms with E-state index in [0.717, 1.165) is 21.8 Å². The molecule has 1 amide bonds. The second kappa shape index (κ2) is 7.56. The molecule has 8 heteroatoms. The van der Waals surface area contributed by atoms with Gasteiger partial charge in [0.25, 0.3) is 5.91 Å². The Labute approximate surface area is 158 Å². The summed E-state index contributed by atoms with van der Waals surface area (Å²) in [4.78, 5) is 21.3. The third-order valence-corrected chi connectivity index (χ3v) is 5.69. The molecule has 0 radical (unpaired) electrons. The minimum absolute atomic E-state index is 0.0270. The molecular formula is C16H18IN3O3S. The van der Waals surface area contributed by atoms with Crippen molar-refractivity contribution >= 4 is 45.0 Å². The van der Waals surface area contributed by atoms with E-state index in [4.69, 9.17) is 9.47 Å². The lowest BCUT2D eigenvalue weighted by Crippen LogP contribution is -2.49. The van der Waals surface area contributed by atoms with E-state index in [1.807, 2.05) is 22.5 Å². The van der Waals surface area contributed by atoms with Crippen LogP contribution in [0, 0.1) is 3.57 Å². The first kappa shape index (κ1) is 17.3. The van der Waals surface area contributed by atoms with Gasteiger partial charge in [-0.2, -0.15) is 0 Å². The van der Waals surface area contributed by atoms with Gasteiger partial charge in [0.1, 0.15) is 0 Å². The number of nitrogens with zero attached hydrogens (tertiary/aromatic N) is 3. The number of hydrogen-bond acceptors (Lipinski definition) is 6. The maximum absolute atomic E-state index is 12.9. The number of piperazine rings is 1. The highest BCUT2D eigenvalue weighted by atomic mass is 127. The number of carbonyl (C=O) groups excluding carboxylic acids is 1. The minimum atomic E-state index is 0.0270. The number of amides is 1. The quantitative estimate of drug-likeness (QED) is 0.659. The fourth-order valence-electron chi connectivity index (χ4n) is 2.66. The molecule has 1 fully saturated rings. The molecule has 0 bridgehead atoms. The van der Waals surface area contributed by atoms with Gasteiger partial charge < -0.3 is 19.3 Å². The monoisotopic (exact) mass is 459 g/mol. The van der Waals surface area contributed by atoms with Crippen molar-refractivity contribution in [3.8, 4) is 11.5 Å². The molecule has 1 saturated heterocycles. The van der Waals surface area contributed by atoms with Crippen molar-refractivity contribution < 1.29 is 14.3 Å². The summed E-state index contributed by atoms with van der Waals surface area (Å²) >= 11 is 3.79. The SMILES string of the molecule is COc1cc(I)c(C(=O)N2CCN(c3nccs3)CC2)cc1OC. The summed E-state index contributed by atoms with van der Waals surface area (Å²) in [6, 6.07) is 3.59. The Bertz CT molecular complexity index is 716. The Kier molecular flexibility index (Phi) is 5.44. The fraction of sp³-hybridized carbons (Fsp3) is 0.375. The first-order chi connectivity index (χ1) is 11.6. The van der Waals surface area contributed by atoms with Crippen molar-refractivity contribution in [1.29, 1.82) is 0 Å². The molecule has 1 aliphatic heterocycles. The molecule has 0 atom stereocenters. The van der Waals surface area contributed by atoms with E-state index in [-0.39, 0.29) is 5.91 Å². The second-order valence-electron chi connectivity index (χ2n) is 5.28. The van der Waals surface area contributed by atoms with Gasteiger partial charge in [0.05, 0.1) is 19.8 Å². The van der Waals surface area contributed by atoms with E-state index < -0.39 is 0 Å². The van der Waals surface area contributed by atoms with Crippen LogP contribution >= 0.6 is 33.9 Å². The van der Waals surface area contributed by atoms with Gasteiger partial charge in [0.15, 0.2) is 16.6 Å². The number of carbonyl (C=O) groups is 1. The van der Waals surface area contributed by atoms with Crippen LogP contribution in [-0.4, -0.2) is 56.2 Å². The molecule has 0 aliphatic carbocycles. The zero-order valence-electron chi connectivity index (χ0n) is 13.5. The van der Waals surface area contributed by atoms with E-state index in [9.17, 15) is 4.79 Å². The van der Waals surface area contributed by atoms with E-state index in [1.165, 1.54) is 0 Å². The molecule has 24 heavy (non-hydrogen) atoms. The summed E-state index contributed by atoms with van der Waals surface area (Å²) in [5.41, 5.74) is 0.649. The number of methoxy groups -OCH3 is 2. The Balaban J connectivity index is 1.73. The lowest BCUT2D eigenvalue weighted by atomic mass is 10.1.